The Kier molecular flexibility index (Phi) is 3.23. The molecule has 88 valence electrons. The lowest BCUT2D eigenvalue weighted by molar-refractivity contribution is -0.165. The van der Waals surface area contributed by atoms with Gasteiger partial charge in [0.2, 0.25) is 11.3 Å². The van der Waals surface area contributed by atoms with Crippen molar-refractivity contribution in [3.63, 3.8) is 0 Å². The molecule has 6 heteroatoms. The van der Waals surface area contributed by atoms with E-state index in [1.807, 2.05) is 0 Å². The summed E-state index contributed by atoms with van der Waals surface area (Å²) in [5, 5.41) is 0. The fourth-order valence-electron chi connectivity index (χ4n) is 1.08. The van der Waals surface area contributed by atoms with Gasteiger partial charge in [0.15, 0.2) is 5.54 Å². The summed E-state index contributed by atoms with van der Waals surface area (Å²) in [6, 6.07) is 0. The van der Waals surface area contributed by atoms with Crippen LogP contribution in [0, 0.1) is 0 Å². The third kappa shape index (κ3) is 2.56. The highest BCUT2D eigenvalue weighted by Gasteiger charge is 2.49. The van der Waals surface area contributed by atoms with E-state index in [0.29, 0.717) is 0 Å². The molecule has 0 aromatic rings. The molecular formula is C9H17NO4S. The molecule has 0 aromatic heterocycles. The molecular weight excluding hydrogens is 218 g/mol. The van der Waals surface area contributed by atoms with Crippen LogP contribution in [0.3, 0.4) is 0 Å². The number of esters is 1. The van der Waals surface area contributed by atoms with E-state index in [4.69, 9.17) is 8.92 Å². The molecule has 0 aliphatic carbocycles. The summed E-state index contributed by atoms with van der Waals surface area (Å²) in [7, 11) is 1.58. The van der Waals surface area contributed by atoms with Crippen LogP contribution >= 0.6 is 0 Å². The average Bonchev–Trinajstić information content (AvgIpc) is 2.31. The number of rotatable bonds is 1. The summed E-state index contributed by atoms with van der Waals surface area (Å²) in [5.41, 5.74) is -1.51. The number of carbonyl (C=O) groups is 1. The Balaban J connectivity index is 2.79. The lowest BCUT2D eigenvalue weighted by atomic mass is 10.0. The van der Waals surface area contributed by atoms with Crippen molar-refractivity contribution in [2.45, 2.75) is 38.8 Å². The maximum atomic E-state index is 11.9. The molecule has 0 amide bonds. The number of hydrogen-bond acceptors (Lipinski definition) is 4. The van der Waals surface area contributed by atoms with Crippen molar-refractivity contribution in [1.82, 2.24) is 4.31 Å². The smallest absolute Gasteiger partial charge is 0.330 e. The monoisotopic (exact) mass is 235 g/mol. The van der Waals surface area contributed by atoms with Gasteiger partial charge in [-0.25, -0.2) is 9.00 Å². The van der Waals surface area contributed by atoms with Gasteiger partial charge in [0, 0.05) is 7.05 Å². The molecule has 2 atom stereocenters. The highest BCUT2D eigenvalue weighted by atomic mass is 32.2. The summed E-state index contributed by atoms with van der Waals surface area (Å²) in [6.45, 7) is 7.13. The largest absolute Gasteiger partial charge is 0.459 e. The molecule has 1 fully saturated rings. The highest BCUT2D eigenvalue weighted by molar-refractivity contribution is 7.78. The molecule has 2 unspecified atom stereocenters. The number of hydrogen-bond donors (Lipinski definition) is 0. The average molecular weight is 235 g/mol. The second-order valence-electron chi connectivity index (χ2n) is 4.75. The van der Waals surface area contributed by atoms with Crippen molar-refractivity contribution in [2.24, 2.45) is 0 Å². The van der Waals surface area contributed by atoms with Crippen LogP contribution in [0.4, 0.5) is 0 Å². The standard InChI is InChI=1S/C9H17NO4S/c1-8(2,3)14-7(11)9(4)6-13-15(12)10(9)5/h6H2,1-5H3. The van der Waals surface area contributed by atoms with Gasteiger partial charge in [0.1, 0.15) is 5.60 Å². The predicted octanol–water partition coefficient (Wildman–Crippen LogP) is 0.627. The lowest BCUT2D eigenvalue weighted by Gasteiger charge is -2.29. The highest BCUT2D eigenvalue weighted by Crippen LogP contribution is 2.27. The molecule has 0 spiro atoms. The van der Waals surface area contributed by atoms with Gasteiger partial charge < -0.3 is 4.74 Å². The van der Waals surface area contributed by atoms with Crippen LogP contribution in [0.5, 0.6) is 0 Å². The summed E-state index contributed by atoms with van der Waals surface area (Å²) in [4.78, 5) is 11.9. The molecule has 0 bridgehead atoms. The Morgan fingerprint density at radius 1 is 1.53 bits per heavy atom. The van der Waals surface area contributed by atoms with Crippen molar-refractivity contribution < 1.29 is 17.9 Å². The van der Waals surface area contributed by atoms with Crippen LogP contribution in [0.2, 0.25) is 0 Å². The van der Waals surface area contributed by atoms with Gasteiger partial charge in [0.05, 0.1) is 6.61 Å². The second-order valence-corrected chi connectivity index (χ2v) is 5.97. The van der Waals surface area contributed by atoms with Gasteiger partial charge in [-0.1, -0.05) is 0 Å². The van der Waals surface area contributed by atoms with E-state index in [2.05, 4.69) is 0 Å². The van der Waals surface area contributed by atoms with Crippen LogP contribution in [0.25, 0.3) is 0 Å². The molecule has 0 N–H and O–H groups in total. The first-order chi connectivity index (χ1) is 6.67. The van der Waals surface area contributed by atoms with E-state index in [0.717, 1.165) is 0 Å². The zero-order valence-corrected chi connectivity index (χ0v) is 10.5. The third-order valence-electron chi connectivity index (χ3n) is 2.20. The van der Waals surface area contributed by atoms with Crippen LogP contribution in [0.15, 0.2) is 0 Å². The molecule has 0 saturated carbocycles. The summed E-state index contributed by atoms with van der Waals surface area (Å²) < 4.78 is 22.8. The van der Waals surface area contributed by atoms with Crippen LogP contribution < -0.4 is 0 Å². The zero-order chi connectivity index (χ0) is 11.9. The third-order valence-corrected chi connectivity index (χ3v) is 3.37. The minimum absolute atomic E-state index is 0.0883. The van der Waals surface area contributed by atoms with Gasteiger partial charge in [-0.05, 0) is 27.7 Å². The van der Waals surface area contributed by atoms with Crippen molar-refractivity contribution in [2.75, 3.05) is 13.7 Å². The van der Waals surface area contributed by atoms with Crippen molar-refractivity contribution >= 4 is 17.2 Å². The van der Waals surface area contributed by atoms with Crippen LogP contribution in [-0.2, 0) is 25.0 Å². The molecule has 15 heavy (non-hydrogen) atoms. The normalized spacial score (nSPS) is 33.0. The molecule has 1 heterocycles. The minimum atomic E-state index is -1.55. The molecule has 0 aromatic carbocycles. The maximum absolute atomic E-state index is 11.9. The van der Waals surface area contributed by atoms with Crippen LogP contribution in [0.1, 0.15) is 27.7 Å². The van der Waals surface area contributed by atoms with Gasteiger partial charge in [-0.3, -0.25) is 4.18 Å². The fourth-order valence-corrected chi connectivity index (χ4v) is 2.02. The summed E-state index contributed by atoms with van der Waals surface area (Å²) >= 11 is -1.55. The Hall–Kier alpha value is -0.460. The Bertz CT molecular complexity index is 299. The lowest BCUT2D eigenvalue weighted by Crippen LogP contribution is -2.51. The van der Waals surface area contributed by atoms with E-state index >= 15 is 0 Å². The van der Waals surface area contributed by atoms with Crippen molar-refractivity contribution in [3.05, 3.63) is 0 Å². The molecule has 1 saturated heterocycles. The van der Waals surface area contributed by atoms with E-state index < -0.39 is 28.4 Å². The molecule has 1 aliphatic heterocycles. The molecule has 5 nitrogen and oxygen atoms in total. The van der Waals surface area contributed by atoms with E-state index in [9.17, 15) is 9.00 Å². The Labute approximate surface area is 92.5 Å². The Morgan fingerprint density at radius 2 is 2.07 bits per heavy atom. The number of carbonyl (C=O) groups excluding carboxylic acids is 1. The number of likely N-dealkylation sites (N-methyl/N-ethyl adjacent to an activating group) is 1. The van der Waals surface area contributed by atoms with E-state index in [-0.39, 0.29) is 6.61 Å². The Morgan fingerprint density at radius 3 is 2.40 bits per heavy atom. The fraction of sp³-hybridized carbons (Fsp3) is 0.889. The molecule has 1 rings (SSSR count). The van der Waals surface area contributed by atoms with Gasteiger partial charge in [-0.2, -0.15) is 4.31 Å². The van der Waals surface area contributed by atoms with E-state index in [1.54, 1.807) is 34.7 Å². The van der Waals surface area contributed by atoms with Gasteiger partial charge in [-0.15, -0.1) is 0 Å². The first-order valence-electron chi connectivity index (χ1n) is 4.69. The van der Waals surface area contributed by atoms with E-state index in [1.165, 1.54) is 4.31 Å². The minimum Gasteiger partial charge on any atom is -0.459 e. The zero-order valence-electron chi connectivity index (χ0n) is 9.70. The summed E-state index contributed by atoms with van der Waals surface area (Å²) in [5.74, 6) is -0.414. The van der Waals surface area contributed by atoms with Crippen LogP contribution in [-0.4, -0.2) is 39.3 Å². The second kappa shape index (κ2) is 3.84. The van der Waals surface area contributed by atoms with Gasteiger partial charge >= 0.3 is 5.97 Å². The maximum Gasteiger partial charge on any atom is 0.330 e. The summed E-state index contributed by atoms with van der Waals surface area (Å²) in [6.07, 6.45) is 0. The van der Waals surface area contributed by atoms with Crippen molar-refractivity contribution in [1.29, 1.82) is 0 Å². The number of nitrogens with zero attached hydrogens (tertiary/aromatic N) is 1. The number of ether oxygens (including phenoxy) is 1. The quantitative estimate of drug-likeness (QED) is 0.625. The first kappa shape index (κ1) is 12.6. The SMILES string of the molecule is CN1S(=O)OCC1(C)C(=O)OC(C)(C)C. The molecule has 1 aliphatic rings. The first-order valence-corrected chi connectivity index (χ1v) is 5.72. The molecule has 0 radical (unpaired) electrons. The van der Waals surface area contributed by atoms with Gasteiger partial charge in [0.25, 0.3) is 0 Å². The van der Waals surface area contributed by atoms with Crippen molar-refractivity contribution in [3.8, 4) is 0 Å². The predicted molar refractivity (Wildman–Crippen MR) is 56.1 cm³/mol. The topological polar surface area (TPSA) is 55.8 Å².